The third-order valence-electron chi connectivity index (χ3n) is 5.59. The van der Waals surface area contributed by atoms with Gasteiger partial charge in [0, 0.05) is 37.1 Å². The maximum Gasteiger partial charge on any atom is 0.269 e. The predicted octanol–water partition coefficient (Wildman–Crippen LogP) is 3.52. The van der Waals surface area contributed by atoms with Gasteiger partial charge in [0.2, 0.25) is 0 Å². The van der Waals surface area contributed by atoms with Crippen LogP contribution in [0.25, 0.3) is 28.6 Å². The third-order valence-corrected chi connectivity index (χ3v) is 6.72. The Hall–Kier alpha value is -4.24. The molecule has 0 atom stereocenters. The highest BCUT2D eigenvalue weighted by atomic mass is 32.1. The minimum atomic E-state index is -0.239. The van der Waals surface area contributed by atoms with E-state index in [-0.39, 0.29) is 11.1 Å². The number of aromatic nitrogens is 3. The molecule has 4 aromatic rings. The van der Waals surface area contributed by atoms with Crippen LogP contribution >= 0.6 is 11.3 Å². The molecule has 180 valence electrons. The Morgan fingerprint density at radius 1 is 1.11 bits per heavy atom. The number of thiazole rings is 1. The van der Waals surface area contributed by atoms with Gasteiger partial charge >= 0.3 is 0 Å². The maximum absolute atomic E-state index is 13.4. The summed E-state index contributed by atoms with van der Waals surface area (Å²) in [6, 6.07) is 21.7. The van der Waals surface area contributed by atoms with Gasteiger partial charge in [0.15, 0.2) is 5.57 Å². The topological polar surface area (TPSA) is 96.6 Å². The number of ether oxygens (including phenoxy) is 1. The molecule has 8 heteroatoms. The largest absolute Gasteiger partial charge is 0.382 e. The quantitative estimate of drug-likeness (QED) is 0.349. The SMILES string of the molecule is CCOCCCn1c(=C(C#N)C#N)sc(=Cc2cn(-c3ccccc3)nc2-c2ccc(C)cc2)c1=O. The Morgan fingerprint density at radius 2 is 1.83 bits per heavy atom. The second-order valence-corrected chi connectivity index (χ2v) is 9.13. The standard InChI is InChI=1S/C28H25N5O2S/c1-3-35-15-7-14-32-27(34)25(36-28(32)23(17-29)18-30)16-22-19-33(24-8-5-4-6-9-24)31-26(22)21-12-10-20(2)11-13-21/h4-6,8-13,16,19H,3,7,14-15H2,1-2H3. The normalized spacial score (nSPS) is 11.3. The molecule has 0 bridgehead atoms. The Labute approximate surface area is 213 Å². The van der Waals surface area contributed by atoms with E-state index in [0.29, 0.717) is 35.4 Å². The first-order chi connectivity index (χ1) is 17.5. The van der Waals surface area contributed by atoms with E-state index in [0.717, 1.165) is 39.4 Å². The van der Waals surface area contributed by atoms with Crippen molar-refractivity contribution in [3.63, 3.8) is 0 Å². The fourth-order valence-electron chi connectivity index (χ4n) is 3.78. The van der Waals surface area contributed by atoms with Gasteiger partial charge in [0.05, 0.1) is 15.9 Å². The minimum Gasteiger partial charge on any atom is -0.382 e. The highest BCUT2D eigenvalue weighted by molar-refractivity contribution is 7.07. The zero-order valence-electron chi connectivity index (χ0n) is 20.1. The van der Waals surface area contributed by atoms with Crippen molar-refractivity contribution in [2.75, 3.05) is 13.2 Å². The first-order valence-electron chi connectivity index (χ1n) is 11.6. The average molecular weight is 496 g/mol. The molecule has 0 spiro atoms. The zero-order valence-corrected chi connectivity index (χ0v) is 21.0. The van der Waals surface area contributed by atoms with Gasteiger partial charge in [-0.2, -0.15) is 15.6 Å². The molecular formula is C28H25N5O2S. The van der Waals surface area contributed by atoms with Gasteiger partial charge in [-0.25, -0.2) is 4.68 Å². The van der Waals surface area contributed by atoms with Crippen molar-refractivity contribution in [1.29, 1.82) is 10.5 Å². The molecule has 0 aliphatic carbocycles. The number of benzene rings is 2. The lowest BCUT2D eigenvalue weighted by atomic mass is 10.1. The molecule has 2 aromatic heterocycles. The second-order valence-electron chi connectivity index (χ2n) is 8.10. The average Bonchev–Trinajstić information content (AvgIpc) is 3.45. The summed E-state index contributed by atoms with van der Waals surface area (Å²) in [4.78, 5) is 13.4. The molecule has 2 heterocycles. The van der Waals surface area contributed by atoms with Crippen molar-refractivity contribution in [2.45, 2.75) is 26.8 Å². The van der Waals surface area contributed by atoms with Crippen LogP contribution in [-0.4, -0.2) is 27.6 Å². The summed E-state index contributed by atoms with van der Waals surface area (Å²) in [5, 5.41) is 23.8. The summed E-state index contributed by atoms with van der Waals surface area (Å²) in [5.41, 5.74) is 4.15. The number of hydrogen-bond donors (Lipinski definition) is 0. The van der Waals surface area contributed by atoms with Crippen LogP contribution in [0.2, 0.25) is 0 Å². The number of nitrogens with zero attached hydrogens (tertiary/aromatic N) is 5. The Bertz CT molecular complexity index is 1600. The molecule has 0 amide bonds. The van der Waals surface area contributed by atoms with E-state index in [1.165, 1.54) is 4.57 Å². The molecule has 2 aromatic carbocycles. The van der Waals surface area contributed by atoms with Gasteiger partial charge in [-0.05, 0) is 38.5 Å². The lowest BCUT2D eigenvalue weighted by Crippen LogP contribution is -2.32. The third kappa shape index (κ3) is 5.36. The Morgan fingerprint density at radius 3 is 2.50 bits per heavy atom. The van der Waals surface area contributed by atoms with E-state index in [9.17, 15) is 15.3 Å². The van der Waals surface area contributed by atoms with Crippen molar-refractivity contribution in [3.8, 4) is 29.1 Å². The van der Waals surface area contributed by atoms with E-state index in [1.54, 1.807) is 10.8 Å². The van der Waals surface area contributed by atoms with Crippen molar-refractivity contribution in [2.24, 2.45) is 0 Å². The molecule has 0 aliphatic rings. The molecule has 0 fully saturated rings. The van der Waals surface area contributed by atoms with Crippen molar-refractivity contribution in [1.82, 2.24) is 14.3 Å². The van der Waals surface area contributed by atoms with Crippen LogP contribution in [0.5, 0.6) is 0 Å². The second kappa shape index (κ2) is 11.5. The minimum absolute atomic E-state index is 0.0769. The summed E-state index contributed by atoms with van der Waals surface area (Å²) in [5.74, 6) is 0. The summed E-state index contributed by atoms with van der Waals surface area (Å²) < 4.78 is 9.49. The summed E-state index contributed by atoms with van der Waals surface area (Å²) >= 11 is 1.15. The highest BCUT2D eigenvalue weighted by Gasteiger charge is 2.14. The molecular weight excluding hydrogens is 470 g/mol. The van der Waals surface area contributed by atoms with E-state index in [2.05, 4.69) is 0 Å². The Kier molecular flexibility index (Phi) is 7.92. The summed E-state index contributed by atoms with van der Waals surface area (Å²) in [6.07, 6.45) is 4.28. The van der Waals surface area contributed by atoms with Gasteiger partial charge in [-0.15, -0.1) is 11.3 Å². The zero-order chi connectivity index (χ0) is 25.5. The molecule has 0 aliphatic heterocycles. The molecule has 4 rings (SSSR count). The number of aryl methyl sites for hydroxylation is 1. The van der Waals surface area contributed by atoms with Crippen LogP contribution < -0.4 is 14.8 Å². The van der Waals surface area contributed by atoms with Gasteiger partial charge in [0.1, 0.15) is 16.8 Å². The van der Waals surface area contributed by atoms with Gasteiger partial charge in [-0.3, -0.25) is 9.36 Å². The molecule has 36 heavy (non-hydrogen) atoms. The van der Waals surface area contributed by atoms with Crippen LogP contribution in [0.15, 0.2) is 65.6 Å². The molecule has 0 saturated carbocycles. The first kappa shape index (κ1) is 24.9. The molecule has 0 unspecified atom stereocenters. The molecule has 7 nitrogen and oxygen atoms in total. The van der Waals surface area contributed by atoms with Crippen LogP contribution in [0.3, 0.4) is 0 Å². The van der Waals surface area contributed by atoms with Gasteiger partial charge in [0.25, 0.3) is 5.56 Å². The van der Waals surface area contributed by atoms with Gasteiger partial charge in [-0.1, -0.05) is 48.0 Å². The van der Waals surface area contributed by atoms with Crippen molar-refractivity contribution >= 4 is 23.0 Å². The predicted molar refractivity (Wildman–Crippen MR) is 141 cm³/mol. The summed E-state index contributed by atoms with van der Waals surface area (Å²) in [7, 11) is 0. The van der Waals surface area contributed by atoms with Crippen LogP contribution in [0, 0.1) is 29.6 Å². The molecule has 0 N–H and O–H groups in total. The number of nitriles is 2. The van der Waals surface area contributed by atoms with Crippen molar-refractivity contribution < 1.29 is 4.74 Å². The van der Waals surface area contributed by atoms with Crippen LogP contribution in [0.4, 0.5) is 0 Å². The molecule has 0 saturated heterocycles. The van der Waals surface area contributed by atoms with E-state index in [4.69, 9.17) is 9.84 Å². The van der Waals surface area contributed by atoms with E-state index >= 15 is 0 Å². The maximum atomic E-state index is 13.4. The monoisotopic (exact) mass is 495 g/mol. The fraction of sp³-hybridized carbons (Fsp3) is 0.214. The fourth-order valence-corrected chi connectivity index (χ4v) is 4.85. The number of rotatable bonds is 8. The highest BCUT2D eigenvalue weighted by Crippen LogP contribution is 2.24. The Balaban J connectivity index is 1.91. The lowest BCUT2D eigenvalue weighted by molar-refractivity contribution is 0.141. The van der Waals surface area contributed by atoms with Crippen LogP contribution in [0.1, 0.15) is 24.5 Å². The number of para-hydroxylation sites is 1. The first-order valence-corrected chi connectivity index (χ1v) is 12.4. The summed E-state index contributed by atoms with van der Waals surface area (Å²) in [6.45, 7) is 5.38. The van der Waals surface area contributed by atoms with E-state index in [1.807, 2.05) is 86.8 Å². The number of hydrogen-bond acceptors (Lipinski definition) is 6. The van der Waals surface area contributed by atoms with E-state index < -0.39 is 0 Å². The lowest BCUT2D eigenvalue weighted by Gasteiger charge is -2.02. The van der Waals surface area contributed by atoms with Crippen LogP contribution in [-0.2, 0) is 11.3 Å². The van der Waals surface area contributed by atoms with Gasteiger partial charge < -0.3 is 4.74 Å². The smallest absolute Gasteiger partial charge is 0.269 e. The van der Waals surface area contributed by atoms with Crippen molar-refractivity contribution in [3.05, 3.63) is 91.5 Å². The molecule has 0 radical (unpaired) electrons.